The maximum Gasteiger partial charge on any atom is 0.329 e. The van der Waals surface area contributed by atoms with E-state index in [9.17, 15) is 14.7 Å². The topological polar surface area (TPSA) is 82.1 Å². The van der Waals surface area contributed by atoms with Crippen LogP contribution in [-0.2, 0) is 16.9 Å². The van der Waals surface area contributed by atoms with Crippen LogP contribution in [0, 0.1) is 0 Å². The average Bonchev–Trinajstić information content (AvgIpc) is 3.40. The van der Waals surface area contributed by atoms with Crippen LogP contribution in [0.5, 0.6) is 5.75 Å². The molecule has 3 amide bonds. The molecule has 1 unspecified atom stereocenters. The van der Waals surface area contributed by atoms with E-state index in [4.69, 9.17) is 39.5 Å². The number of carbonyl (C=O) groups is 2. The molecule has 0 bridgehead atoms. The van der Waals surface area contributed by atoms with Crippen molar-refractivity contribution in [3.05, 3.63) is 56.5 Å². The molecule has 2 aliphatic heterocycles. The highest BCUT2D eigenvalue weighted by molar-refractivity contribution is 6.35. The standard InChI is InChI=1S/C24H24Cl3N3O4/c1-23(2)21(32)30(22(33)28-23)14-3-4-18(26)20(11-14)34-24(29-8-6-15(31)12-29)7-5-16-17(24)9-13(25)10-19(16)27/h3-4,9-11,15,31H,5-8,12H2,1-2H3,(H,28,33)/t15?,24-/m0/s1. The molecule has 2 heterocycles. The predicted octanol–water partition coefficient (Wildman–Crippen LogP) is 4.73. The highest BCUT2D eigenvalue weighted by atomic mass is 35.5. The predicted molar refractivity (Wildman–Crippen MR) is 131 cm³/mol. The molecule has 2 atom stereocenters. The lowest BCUT2D eigenvalue weighted by Gasteiger charge is -2.40. The molecule has 3 aliphatic rings. The number of carbonyl (C=O) groups excluding carboxylic acids is 2. The maximum atomic E-state index is 12.8. The second-order valence-electron chi connectivity index (χ2n) is 9.50. The van der Waals surface area contributed by atoms with Gasteiger partial charge < -0.3 is 15.2 Å². The van der Waals surface area contributed by atoms with Crippen LogP contribution >= 0.6 is 34.8 Å². The van der Waals surface area contributed by atoms with E-state index >= 15 is 0 Å². The number of ether oxygens (including phenoxy) is 1. The Kier molecular flexibility index (Phi) is 5.77. The summed E-state index contributed by atoms with van der Waals surface area (Å²) >= 11 is 19.4. The van der Waals surface area contributed by atoms with Gasteiger partial charge in [-0.15, -0.1) is 0 Å². The Bertz CT molecular complexity index is 1200. The summed E-state index contributed by atoms with van der Waals surface area (Å²) in [5.41, 5.74) is 0.154. The highest BCUT2D eigenvalue weighted by Crippen LogP contribution is 2.49. The van der Waals surface area contributed by atoms with Gasteiger partial charge in [0, 0.05) is 41.2 Å². The molecule has 1 aliphatic carbocycles. The third-order valence-corrected chi connectivity index (χ3v) is 7.65. The lowest BCUT2D eigenvalue weighted by molar-refractivity contribution is -0.121. The van der Waals surface area contributed by atoms with E-state index in [0.29, 0.717) is 58.9 Å². The third-order valence-electron chi connectivity index (χ3n) is 6.78. The van der Waals surface area contributed by atoms with Gasteiger partial charge in [0.15, 0.2) is 5.72 Å². The zero-order valence-corrected chi connectivity index (χ0v) is 21.0. The summed E-state index contributed by atoms with van der Waals surface area (Å²) in [6.07, 6.45) is 1.37. The number of amides is 3. The number of aliphatic hydroxyl groups excluding tert-OH is 1. The van der Waals surface area contributed by atoms with E-state index in [-0.39, 0.29) is 5.91 Å². The molecule has 2 aromatic rings. The van der Waals surface area contributed by atoms with E-state index in [1.54, 1.807) is 38.1 Å². The van der Waals surface area contributed by atoms with Crippen molar-refractivity contribution in [1.82, 2.24) is 10.2 Å². The molecule has 7 nitrogen and oxygen atoms in total. The molecule has 0 aromatic heterocycles. The maximum absolute atomic E-state index is 12.8. The fourth-order valence-corrected chi connectivity index (χ4v) is 5.82. The molecule has 2 fully saturated rings. The molecule has 5 rings (SSSR count). The largest absolute Gasteiger partial charge is 0.467 e. The Morgan fingerprint density at radius 2 is 1.88 bits per heavy atom. The van der Waals surface area contributed by atoms with Crippen LogP contribution < -0.4 is 15.0 Å². The molecule has 180 valence electrons. The summed E-state index contributed by atoms with van der Waals surface area (Å²) < 4.78 is 6.68. The number of imide groups is 1. The van der Waals surface area contributed by atoms with Gasteiger partial charge in [0.2, 0.25) is 0 Å². The van der Waals surface area contributed by atoms with Crippen LogP contribution in [0.15, 0.2) is 30.3 Å². The molecule has 2 saturated heterocycles. The minimum absolute atomic E-state index is 0.315. The number of likely N-dealkylation sites (tertiary alicyclic amines) is 1. The summed E-state index contributed by atoms with van der Waals surface area (Å²) in [5.74, 6) is -0.0530. The summed E-state index contributed by atoms with van der Waals surface area (Å²) in [7, 11) is 0. The van der Waals surface area contributed by atoms with Crippen molar-refractivity contribution >= 4 is 52.4 Å². The Morgan fingerprint density at radius 3 is 2.53 bits per heavy atom. The first-order valence-corrected chi connectivity index (χ1v) is 12.2. The molecule has 0 saturated carbocycles. The Labute approximate surface area is 212 Å². The van der Waals surface area contributed by atoms with Crippen LogP contribution in [0.2, 0.25) is 15.1 Å². The molecular formula is C24H24Cl3N3O4. The van der Waals surface area contributed by atoms with E-state index in [1.807, 2.05) is 6.07 Å². The van der Waals surface area contributed by atoms with Crippen LogP contribution in [0.1, 0.15) is 37.8 Å². The van der Waals surface area contributed by atoms with Crippen LogP contribution in [0.4, 0.5) is 10.5 Å². The number of hydrogen-bond donors (Lipinski definition) is 2. The number of β-amino-alcohol motifs (C(OH)–C–C–N with tert-alkyl or cyclic N) is 1. The lowest BCUT2D eigenvalue weighted by atomic mass is 10.0. The molecule has 0 spiro atoms. The van der Waals surface area contributed by atoms with Crippen molar-refractivity contribution in [3.8, 4) is 5.75 Å². The third kappa shape index (κ3) is 3.74. The van der Waals surface area contributed by atoms with E-state index in [0.717, 1.165) is 16.0 Å². The number of nitrogens with one attached hydrogen (secondary N) is 1. The molecule has 2 N–H and O–H groups in total. The highest BCUT2D eigenvalue weighted by Gasteiger charge is 2.50. The number of urea groups is 1. The summed E-state index contributed by atoms with van der Waals surface area (Å²) in [6.45, 7) is 4.33. The molecular weight excluding hydrogens is 501 g/mol. The first-order valence-electron chi connectivity index (χ1n) is 11.1. The van der Waals surface area contributed by atoms with Gasteiger partial charge in [-0.1, -0.05) is 34.8 Å². The summed E-state index contributed by atoms with van der Waals surface area (Å²) in [4.78, 5) is 28.5. The van der Waals surface area contributed by atoms with Crippen molar-refractivity contribution in [2.24, 2.45) is 0 Å². The number of halogens is 3. The number of fused-ring (bicyclic) bond motifs is 1. The van der Waals surface area contributed by atoms with E-state index in [2.05, 4.69) is 10.2 Å². The number of aliphatic hydroxyl groups is 1. The van der Waals surface area contributed by atoms with Crippen LogP contribution in [-0.4, -0.2) is 46.7 Å². The van der Waals surface area contributed by atoms with Crippen molar-refractivity contribution < 1.29 is 19.4 Å². The molecule has 0 radical (unpaired) electrons. The second kappa shape index (κ2) is 8.28. The minimum Gasteiger partial charge on any atom is -0.467 e. The first kappa shape index (κ1) is 23.7. The smallest absolute Gasteiger partial charge is 0.329 e. The second-order valence-corrected chi connectivity index (χ2v) is 10.7. The van der Waals surface area contributed by atoms with Crippen LogP contribution in [0.3, 0.4) is 0 Å². The van der Waals surface area contributed by atoms with Gasteiger partial charge in [-0.05, 0) is 56.5 Å². The van der Waals surface area contributed by atoms with Crippen molar-refractivity contribution in [3.63, 3.8) is 0 Å². The Hall–Kier alpha value is -2.03. The fraction of sp³-hybridized carbons (Fsp3) is 0.417. The Morgan fingerprint density at radius 1 is 1.12 bits per heavy atom. The van der Waals surface area contributed by atoms with Gasteiger partial charge in [-0.3, -0.25) is 9.69 Å². The zero-order chi connectivity index (χ0) is 24.4. The summed E-state index contributed by atoms with van der Waals surface area (Å²) in [6, 6.07) is 7.86. The zero-order valence-electron chi connectivity index (χ0n) is 18.7. The monoisotopic (exact) mass is 523 g/mol. The van der Waals surface area contributed by atoms with Gasteiger partial charge in [0.05, 0.1) is 16.8 Å². The van der Waals surface area contributed by atoms with Gasteiger partial charge in [0.25, 0.3) is 5.91 Å². The fourth-order valence-electron chi connectivity index (χ4n) is 5.08. The summed E-state index contributed by atoms with van der Waals surface area (Å²) in [5, 5.41) is 14.3. The average molecular weight is 525 g/mol. The normalized spacial score (nSPS) is 26.2. The molecule has 10 heteroatoms. The quantitative estimate of drug-likeness (QED) is 0.565. The SMILES string of the molecule is CC1(C)NC(=O)N(c2ccc(Cl)c(O[C@@]3(N4CCC(O)C4)CCc4c(Cl)cc(Cl)cc43)c2)C1=O. The first-order chi connectivity index (χ1) is 16.0. The van der Waals surface area contributed by atoms with Crippen LogP contribution in [0.25, 0.3) is 0 Å². The number of rotatable bonds is 4. The number of benzene rings is 2. The molecule has 2 aromatic carbocycles. The van der Waals surface area contributed by atoms with Crippen molar-refractivity contribution in [2.45, 2.75) is 50.5 Å². The van der Waals surface area contributed by atoms with Gasteiger partial charge in [0.1, 0.15) is 11.3 Å². The molecule has 34 heavy (non-hydrogen) atoms. The van der Waals surface area contributed by atoms with E-state index in [1.165, 1.54) is 0 Å². The van der Waals surface area contributed by atoms with Gasteiger partial charge in [-0.25, -0.2) is 9.69 Å². The minimum atomic E-state index is -1.01. The van der Waals surface area contributed by atoms with Crippen molar-refractivity contribution in [2.75, 3.05) is 18.0 Å². The van der Waals surface area contributed by atoms with Gasteiger partial charge >= 0.3 is 6.03 Å². The van der Waals surface area contributed by atoms with Crippen molar-refractivity contribution in [1.29, 1.82) is 0 Å². The lowest BCUT2D eigenvalue weighted by Crippen LogP contribution is -2.48. The number of hydrogen-bond acceptors (Lipinski definition) is 5. The Balaban J connectivity index is 1.59. The van der Waals surface area contributed by atoms with Gasteiger partial charge in [-0.2, -0.15) is 0 Å². The number of anilines is 1. The van der Waals surface area contributed by atoms with E-state index < -0.39 is 23.4 Å². The number of nitrogens with zero attached hydrogens (tertiary/aromatic N) is 2.